The number of nitrogens with zero attached hydrogens (tertiary/aromatic N) is 1. The zero-order valence-electron chi connectivity index (χ0n) is 16.3. The number of hydrogen-bond donors (Lipinski definition) is 1. The number of nitrogens with one attached hydrogen (secondary N) is 1. The van der Waals surface area contributed by atoms with E-state index >= 15 is 0 Å². The Kier molecular flexibility index (Phi) is 7.25. The lowest BCUT2D eigenvalue weighted by Crippen LogP contribution is -2.13. The van der Waals surface area contributed by atoms with Gasteiger partial charge in [-0.1, -0.05) is 42.5 Å². The van der Waals surface area contributed by atoms with Crippen LogP contribution in [0.25, 0.3) is 6.08 Å². The molecule has 3 aromatic rings. The Bertz CT molecular complexity index is 1100. The maximum atomic E-state index is 12.5. The Hall–Kier alpha value is -3.56. The van der Waals surface area contributed by atoms with Crippen molar-refractivity contribution in [1.82, 2.24) is 0 Å². The molecule has 1 amide bonds. The Balaban J connectivity index is 1.71. The van der Waals surface area contributed by atoms with Crippen molar-refractivity contribution in [2.45, 2.75) is 6.61 Å². The Labute approximate surface area is 183 Å². The summed E-state index contributed by atoms with van der Waals surface area (Å²) in [7, 11) is 1.55. The average molecular weight is 463 g/mol. The third-order valence-corrected chi connectivity index (χ3v) is 4.82. The monoisotopic (exact) mass is 462 g/mol. The minimum Gasteiger partial charge on any atom is -0.497 e. The van der Waals surface area contributed by atoms with E-state index in [1.54, 1.807) is 49.6 Å². The first-order valence-corrected chi connectivity index (χ1v) is 9.92. The largest absolute Gasteiger partial charge is 0.497 e. The van der Waals surface area contributed by atoms with Crippen LogP contribution in [0.3, 0.4) is 0 Å². The lowest BCUT2D eigenvalue weighted by molar-refractivity contribution is -0.112. The van der Waals surface area contributed by atoms with Crippen molar-refractivity contribution in [3.8, 4) is 17.6 Å². The fraction of sp³-hybridized carbons (Fsp3) is 0.0833. The third-order valence-electron chi connectivity index (χ3n) is 4.20. The smallest absolute Gasteiger partial charge is 0.266 e. The molecule has 0 bridgehead atoms. The van der Waals surface area contributed by atoms with E-state index in [9.17, 15) is 10.1 Å². The second kappa shape index (κ2) is 10.3. The zero-order valence-corrected chi connectivity index (χ0v) is 17.8. The first-order chi connectivity index (χ1) is 14.6. The molecule has 1 N–H and O–H groups in total. The summed E-state index contributed by atoms with van der Waals surface area (Å²) in [5.74, 6) is 0.798. The van der Waals surface area contributed by atoms with E-state index in [4.69, 9.17) is 9.47 Å². The van der Waals surface area contributed by atoms with Gasteiger partial charge in [-0.2, -0.15) is 5.26 Å². The molecule has 0 radical (unpaired) electrons. The lowest BCUT2D eigenvalue weighted by atomic mass is 10.1. The maximum absolute atomic E-state index is 12.5. The number of nitriles is 1. The van der Waals surface area contributed by atoms with Crippen molar-refractivity contribution in [1.29, 1.82) is 5.26 Å². The highest BCUT2D eigenvalue weighted by molar-refractivity contribution is 9.10. The van der Waals surface area contributed by atoms with E-state index in [0.717, 1.165) is 10.0 Å². The van der Waals surface area contributed by atoms with Crippen LogP contribution in [-0.4, -0.2) is 13.0 Å². The molecule has 0 aliphatic carbocycles. The maximum Gasteiger partial charge on any atom is 0.266 e. The summed E-state index contributed by atoms with van der Waals surface area (Å²) in [5.41, 5.74) is 2.30. The van der Waals surface area contributed by atoms with Crippen molar-refractivity contribution in [3.63, 3.8) is 0 Å². The number of hydrogen-bond acceptors (Lipinski definition) is 4. The van der Waals surface area contributed by atoms with Gasteiger partial charge in [0.1, 0.15) is 29.7 Å². The van der Waals surface area contributed by atoms with Gasteiger partial charge in [0.2, 0.25) is 0 Å². The van der Waals surface area contributed by atoms with Crippen LogP contribution in [0.15, 0.2) is 82.8 Å². The van der Waals surface area contributed by atoms with Crippen LogP contribution in [0.1, 0.15) is 11.1 Å². The second-order valence-electron chi connectivity index (χ2n) is 6.32. The molecule has 0 heterocycles. The van der Waals surface area contributed by atoms with Gasteiger partial charge in [0.05, 0.1) is 11.6 Å². The van der Waals surface area contributed by atoms with Crippen molar-refractivity contribution >= 4 is 33.6 Å². The molecule has 0 spiro atoms. The number of anilines is 1. The molecule has 0 saturated carbocycles. The highest BCUT2D eigenvalue weighted by atomic mass is 79.9. The quantitative estimate of drug-likeness (QED) is 0.367. The van der Waals surface area contributed by atoms with Crippen LogP contribution in [0.4, 0.5) is 5.69 Å². The molecule has 3 aromatic carbocycles. The molecule has 0 atom stereocenters. The number of amides is 1. The predicted molar refractivity (Wildman–Crippen MR) is 120 cm³/mol. The molecule has 0 aliphatic rings. The second-order valence-corrected chi connectivity index (χ2v) is 7.17. The van der Waals surface area contributed by atoms with Gasteiger partial charge in [0, 0.05) is 11.8 Å². The van der Waals surface area contributed by atoms with Gasteiger partial charge in [0.15, 0.2) is 0 Å². The normalized spacial score (nSPS) is 10.8. The standard InChI is InChI=1S/C24H19BrN2O3/c1-29-21-9-5-8-20(14-21)27-24(28)19(15-26)12-18-10-11-23(22(25)13-18)30-16-17-6-3-2-4-7-17/h2-14H,16H2,1H3,(H,27,28)/b19-12+. The number of halogens is 1. The van der Waals surface area contributed by atoms with Gasteiger partial charge >= 0.3 is 0 Å². The van der Waals surface area contributed by atoms with Crippen LogP contribution in [0, 0.1) is 11.3 Å². The highest BCUT2D eigenvalue weighted by Gasteiger charge is 2.11. The number of carbonyl (C=O) groups is 1. The van der Waals surface area contributed by atoms with E-state index in [2.05, 4.69) is 21.2 Å². The fourth-order valence-electron chi connectivity index (χ4n) is 2.67. The van der Waals surface area contributed by atoms with Crippen molar-refractivity contribution < 1.29 is 14.3 Å². The molecule has 0 aromatic heterocycles. The summed E-state index contributed by atoms with van der Waals surface area (Å²) < 4.78 is 11.7. The van der Waals surface area contributed by atoms with E-state index in [1.807, 2.05) is 36.4 Å². The zero-order chi connectivity index (χ0) is 21.3. The predicted octanol–water partition coefficient (Wildman–Crippen LogP) is 5.58. The molecular weight excluding hydrogens is 444 g/mol. The molecule has 5 nitrogen and oxygen atoms in total. The Morgan fingerprint density at radius 3 is 2.60 bits per heavy atom. The first-order valence-electron chi connectivity index (χ1n) is 9.12. The first kappa shape index (κ1) is 21.2. The van der Waals surface area contributed by atoms with Crippen LogP contribution < -0.4 is 14.8 Å². The highest BCUT2D eigenvalue weighted by Crippen LogP contribution is 2.28. The Morgan fingerprint density at radius 2 is 1.90 bits per heavy atom. The van der Waals surface area contributed by atoms with Crippen molar-refractivity contribution in [2.24, 2.45) is 0 Å². The minimum atomic E-state index is -0.494. The molecule has 0 fully saturated rings. The number of ether oxygens (including phenoxy) is 2. The van der Waals surface area contributed by atoms with E-state index in [1.165, 1.54) is 6.08 Å². The van der Waals surface area contributed by atoms with Crippen LogP contribution >= 0.6 is 15.9 Å². The van der Waals surface area contributed by atoms with Gasteiger partial charge in [-0.3, -0.25) is 4.79 Å². The van der Waals surface area contributed by atoms with Crippen LogP contribution in [0.5, 0.6) is 11.5 Å². The summed E-state index contributed by atoms with van der Waals surface area (Å²) >= 11 is 3.49. The van der Waals surface area contributed by atoms with E-state index in [-0.39, 0.29) is 5.57 Å². The topological polar surface area (TPSA) is 71.3 Å². The average Bonchev–Trinajstić information content (AvgIpc) is 2.77. The summed E-state index contributed by atoms with van der Waals surface area (Å²) in [6, 6.07) is 24.1. The lowest BCUT2D eigenvalue weighted by Gasteiger charge is -2.09. The SMILES string of the molecule is COc1cccc(NC(=O)/C(C#N)=C/c2ccc(OCc3ccccc3)c(Br)c2)c1. The van der Waals surface area contributed by atoms with Gasteiger partial charge in [-0.25, -0.2) is 0 Å². The molecule has 150 valence electrons. The van der Waals surface area contributed by atoms with Crippen molar-refractivity contribution in [2.75, 3.05) is 12.4 Å². The van der Waals surface area contributed by atoms with Crippen LogP contribution in [0.2, 0.25) is 0 Å². The van der Waals surface area contributed by atoms with Gasteiger partial charge in [0.25, 0.3) is 5.91 Å². The molecule has 0 aliphatic heterocycles. The third kappa shape index (κ3) is 5.72. The molecule has 3 rings (SSSR count). The number of methoxy groups -OCH3 is 1. The number of benzene rings is 3. The molecular formula is C24H19BrN2O3. The number of carbonyl (C=O) groups excluding carboxylic acids is 1. The van der Waals surface area contributed by atoms with E-state index < -0.39 is 5.91 Å². The minimum absolute atomic E-state index is 0.0114. The van der Waals surface area contributed by atoms with E-state index in [0.29, 0.717) is 29.4 Å². The van der Waals surface area contributed by atoms with Crippen molar-refractivity contribution in [3.05, 3.63) is 94.0 Å². The molecule has 6 heteroatoms. The van der Waals surface area contributed by atoms with Gasteiger partial charge in [-0.15, -0.1) is 0 Å². The molecule has 30 heavy (non-hydrogen) atoms. The Morgan fingerprint density at radius 1 is 1.10 bits per heavy atom. The summed E-state index contributed by atoms with van der Waals surface area (Å²) in [5, 5.41) is 12.1. The molecule has 0 saturated heterocycles. The van der Waals surface area contributed by atoms with Gasteiger partial charge in [-0.05, 0) is 57.4 Å². The number of rotatable bonds is 7. The van der Waals surface area contributed by atoms with Gasteiger partial charge < -0.3 is 14.8 Å². The van der Waals surface area contributed by atoms with Crippen LogP contribution in [-0.2, 0) is 11.4 Å². The summed E-state index contributed by atoms with van der Waals surface area (Å²) in [6.07, 6.45) is 1.53. The fourth-order valence-corrected chi connectivity index (χ4v) is 3.18. The molecule has 0 unspecified atom stereocenters. The summed E-state index contributed by atoms with van der Waals surface area (Å²) in [6.45, 7) is 0.445. The summed E-state index contributed by atoms with van der Waals surface area (Å²) in [4.78, 5) is 12.5.